The van der Waals surface area contributed by atoms with E-state index in [4.69, 9.17) is 4.74 Å². The third-order valence-electron chi connectivity index (χ3n) is 4.41. The van der Waals surface area contributed by atoms with Crippen molar-refractivity contribution in [3.8, 4) is 0 Å². The molecule has 2 rings (SSSR count). The standard InChI is InChI=1S/C19H25NO4/c1-13(2)15-9-7-14(8-10-15)5-4-6-18(21)20-12-16(24-3)11-17(20)19(22)23/h4-5,7-10,13,16-17H,6,11-12H2,1-3H3,(H,22,23)/b5-4+. The van der Waals surface area contributed by atoms with Crippen LogP contribution in [-0.2, 0) is 14.3 Å². The van der Waals surface area contributed by atoms with Gasteiger partial charge in [-0.2, -0.15) is 0 Å². The lowest BCUT2D eigenvalue weighted by molar-refractivity contribution is -0.147. The molecule has 0 saturated carbocycles. The van der Waals surface area contributed by atoms with Crippen molar-refractivity contribution in [1.29, 1.82) is 0 Å². The molecule has 5 nitrogen and oxygen atoms in total. The quantitative estimate of drug-likeness (QED) is 0.870. The highest BCUT2D eigenvalue weighted by atomic mass is 16.5. The van der Waals surface area contributed by atoms with Gasteiger partial charge in [0.2, 0.25) is 5.91 Å². The molecule has 2 unspecified atom stereocenters. The van der Waals surface area contributed by atoms with Crippen molar-refractivity contribution in [1.82, 2.24) is 4.90 Å². The lowest BCUT2D eigenvalue weighted by atomic mass is 10.0. The first-order valence-corrected chi connectivity index (χ1v) is 8.24. The zero-order chi connectivity index (χ0) is 17.7. The summed E-state index contributed by atoms with van der Waals surface area (Å²) >= 11 is 0. The van der Waals surface area contributed by atoms with E-state index < -0.39 is 12.0 Å². The predicted octanol–water partition coefficient (Wildman–Crippen LogP) is 2.91. The Hall–Kier alpha value is -2.14. The molecule has 0 spiro atoms. The summed E-state index contributed by atoms with van der Waals surface area (Å²) in [5.74, 6) is -0.672. The van der Waals surface area contributed by atoms with Crippen LogP contribution in [0.1, 0.15) is 43.7 Å². The smallest absolute Gasteiger partial charge is 0.326 e. The minimum atomic E-state index is -0.976. The highest BCUT2D eigenvalue weighted by Crippen LogP contribution is 2.21. The third kappa shape index (κ3) is 4.45. The largest absolute Gasteiger partial charge is 0.480 e. The van der Waals surface area contributed by atoms with Crippen LogP contribution in [0.15, 0.2) is 30.3 Å². The number of carbonyl (C=O) groups excluding carboxylic acids is 1. The number of rotatable bonds is 6. The van der Waals surface area contributed by atoms with Crippen molar-refractivity contribution in [3.05, 3.63) is 41.5 Å². The van der Waals surface area contributed by atoms with E-state index >= 15 is 0 Å². The number of likely N-dealkylation sites (tertiary alicyclic amines) is 1. The van der Waals surface area contributed by atoms with Gasteiger partial charge >= 0.3 is 5.97 Å². The van der Waals surface area contributed by atoms with Gasteiger partial charge in [0.1, 0.15) is 6.04 Å². The average Bonchev–Trinajstić information content (AvgIpc) is 3.00. The fourth-order valence-electron chi connectivity index (χ4n) is 2.88. The van der Waals surface area contributed by atoms with Gasteiger partial charge in [-0.05, 0) is 17.0 Å². The Morgan fingerprint density at radius 3 is 2.54 bits per heavy atom. The highest BCUT2D eigenvalue weighted by molar-refractivity contribution is 5.85. The van der Waals surface area contributed by atoms with Crippen LogP contribution in [0.3, 0.4) is 0 Å². The summed E-state index contributed by atoms with van der Waals surface area (Å²) in [6, 6.07) is 7.41. The predicted molar refractivity (Wildman–Crippen MR) is 92.7 cm³/mol. The van der Waals surface area contributed by atoms with E-state index in [-0.39, 0.29) is 18.4 Å². The first-order valence-electron chi connectivity index (χ1n) is 8.24. The molecule has 0 aliphatic carbocycles. The molecule has 1 heterocycles. The van der Waals surface area contributed by atoms with E-state index in [1.807, 2.05) is 18.2 Å². The zero-order valence-electron chi connectivity index (χ0n) is 14.4. The molecule has 1 N–H and O–H groups in total. The molecule has 1 aliphatic rings. The van der Waals surface area contributed by atoms with Crippen LogP contribution in [0.2, 0.25) is 0 Å². The number of nitrogens with zero attached hydrogens (tertiary/aromatic N) is 1. The fraction of sp³-hybridized carbons (Fsp3) is 0.474. The monoisotopic (exact) mass is 331 g/mol. The average molecular weight is 331 g/mol. The molecule has 2 atom stereocenters. The number of amides is 1. The number of aliphatic carboxylic acids is 1. The molecule has 1 fully saturated rings. The van der Waals surface area contributed by atoms with Crippen molar-refractivity contribution in [2.24, 2.45) is 0 Å². The van der Waals surface area contributed by atoms with Crippen molar-refractivity contribution in [2.45, 2.75) is 44.8 Å². The Morgan fingerprint density at radius 2 is 2.00 bits per heavy atom. The lowest BCUT2D eigenvalue weighted by Gasteiger charge is -2.20. The molecular weight excluding hydrogens is 306 g/mol. The SMILES string of the molecule is COC1CC(C(=O)O)N(C(=O)C/C=C/c2ccc(C(C)C)cc2)C1. The second kappa shape index (κ2) is 8.11. The third-order valence-corrected chi connectivity index (χ3v) is 4.41. The Labute approximate surface area is 142 Å². The minimum Gasteiger partial charge on any atom is -0.480 e. The van der Waals surface area contributed by atoms with Crippen molar-refractivity contribution >= 4 is 18.0 Å². The normalized spacial score (nSPS) is 20.9. The van der Waals surface area contributed by atoms with E-state index in [9.17, 15) is 14.7 Å². The van der Waals surface area contributed by atoms with Crippen LogP contribution in [0, 0.1) is 0 Å². The number of benzene rings is 1. The van der Waals surface area contributed by atoms with Crippen LogP contribution < -0.4 is 0 Å². The van der Waals surface area contributed by atoms with Gasteiger partial charge < -0.3 is 14.7 Å². The van der Waals surface area contributed by atoms with Gasteiger partial charge in [-0.3, -0.25) is 4.79 Å². The van der Waals surface area contributed by atoms with E-state index in [1.54, 1.807) is 6.08 Å². The van der Waals surface area contributed by atoms with Crippen molar-refractivity contribution in [3.63, 3.8) is 0 Å². The van der Waals surface area contributed by atoms with Gasteiger partial charge in [-0.25, -0.2) is 4.79 Å². The summed E-state index contributed by atoms with van der Waals surface area (Å²) in [6.45, 7) is 4.63. The minimum absolute atomic E-state index is 0.183. The molecule has 1 aromatic carbocycles. The number of carboxylic acid groups (broad SMARTS) is 1. The maximum absolute atomic E-state index is 12.3. The molecule has 0 radical (unpaired) electrons. The number of methoxy groups -OCH3 is 1. The van der Waals surface area contributed by atoms with Crippen molar-refractivity contribution < 1.29 is 19.4 Å². The van der Waals surface area contributed by atoms with Crippen LogP contribution in [0.5, 0.6) is 0 Å². The summed E-state index contributed by atoms with van der Waals surface area (Å²) < 4.78 is 5.20. The Morgan fingerprint density at radius 1 is 1.33 bits per heavy atom. The van der Waals surface area contributed by atoms with Crippen LogP contribution >= 0.6 is 0 Å². The molecule has 0 aromatic heterocycles. The molecule has 1 amide bonds. The summed E-state index contributed by atoms with van der Waals surface area (Å²) in [5, 5.41) is 9.25. The van der Waals surface area contributed by atoms with Crippen molar-refractivity contribution in [2.75, 3.05) is 13.7 Å². The second-order valence-corrected chi connectivity index (χ2v) is 6.42. The number of hydrogen-bond acceptors (Lipinski definition) is 3. The molecule has 1 aliphatic heterocycles. The first-order chi connectivity index (χ1) is 11.4. The molecule has 24 heavy (non-hydrogen) atoms. The van der Waals surface area contributed by atoms with Gasteiger partial charge in [-0.1, -0.05) is 50.3 Å². The summed E-state index contributed by atoms with van der Waals surface area (Å²) in [6.07, 6.45) is 4.00. The molecule has 130 valence electrons. The molecular formula is C19H25NO4. The number of carboxylic acids is 1. The van der Waals surface area contributed by atoms with E-state index in [2.05, 4.69) is 26.0 Å². The maximum Gasteiger partial charge on any atom is 0.326 e. The summed E-state index contributed by atoms with van der Waals surface area (Å²) in [7, 11) is 1.54. The maximum atomic E-state index is 12.3. The van der Waals surface area contributed by atoms with Gasteiger partial charge in [0.05, 0.1) is 6.10 Å². The Kier molecular flexibility index (Phi) is 6.15. The number of hydrogen-bond donors (Lipinski definition) is 1. The molecule has 5 heteroatoms. The Balaban J connectivity index is 1.95. The highest BCUT2D eigenvalue weighted by Gasteiger charge is 2.39. The topological polar surface area (TPSA) is 66.8 Å². The number of carbonyl (C=O) groups is 2. The molecule has 1 aromatic rings. The van der Waals surface area contributed by atoms with E-state index in [1.165, 1.54) is 17.6 Å². The first kappa shape index (κ1) is 18.2. The second-order valence-electron chi connectivity index (χ2n) is 6.42. The summed E-state index contributed by atoms with van der Waals surface area (Å²) in [5.41, 5.74) is 2.30. The van der Waals surface area contributed by atoms with E-state index in [0.717, 1.165) is 5.56 Å². The van der Waals surface area contributed by atoms with Crippen LogP contribution in [0.4, 0.5) is 0 Å². The molecule has 1 saturated heterocycles. The summed E-state index contributed by atoms with van der Waals surface area (Å²) in [4.78, 5) is 25.0. The van der Waals surface area contributed by atoms with Crippen LogP contribution in [0.25, 0.3) is 6.08 Å². The Bertz CT molecular complexity index is 606. The molecule has 0 bridgehead atoms. The number of ether oxygens (including phenoxy) is 1. The lowest BCUT2D eigenvalue weighted by Crippen LogP contribution is -2.40. The van der Waals surface area contributed by atoms with Gasteiger partial charge in [0, 0.05) is 26.5 Å². The zero-order valence-corrected chi connectivity index (χ0v) is 14.4. The van der Waals surface area contributed by atoms with Gasteiger partial charge in [0.15, 0.2) is 0 Å². The van der Waals surface area contributed by atoms with Crippen LogP contribution in [-0.4, -0.2) is 47.7 Å². The van der Waals surface area contributed by atoms with Gasteiger partial charge in [-0.15, -0.1) is 0 Å². The van der Waals surface area contributed by atoms with Gasteiger partial charge in [0.25, 0.3) is 0 Å². The fourth-order valence-corrected chi connectivity index (χ4v) is 2.88. The van der Waals surface area contributed by atoms with E-state index in [0.29, 0.717) is 18.9 Å².